The topological polar surface area (TPSA) is 92.3 Å². The summed E-state index contributed by atoms with van der Waals surface area (Å²) in [5.74, 6) is -0.317. The van der Waals surface area contributed by atoms with E-state index in [0.29, 0.717) is 12.2 Å². The smallest absolute Gasteiger partial charge is 0.271 e. The summed E-state index contributed by atoms with van der Waals surface area (Å²) in [6.45, 7) is 7.09. The van der Waals surface area contributed by atoms with Gasteiger partial charge in [0.2, 0.25) is 11.7 Å². The second-order valence-corrected chi connectivity index (χ2v) is 6.18. The van der Waals surface area contributed by atoms with Crippen molar-refractivity contribution < 1.29 is 14.6 Å². The normalized spacial score (nSPS) is 10.4. The highest BCUT2D eigenvalue weighted by Gasteiger charge is 2.24. The number of pyridine rings is 1. The standard InChI is InChI=1S/C20H22N2O4/c1-5-9-22-19(24)15(10-21)14(4)18(20(22)25)16(23)11-26-17-8-6-7-12(2)13(17)3/h6-8,25H,5,9,11H2,1-4H3. The van der Waals surface area contributed by atoms with Crippen LogP contribution in [0.3, 0.4) is 0 Å². The number of rotatable bonds is 6. The van der Waals surface area contributed by atoms with Crippen LogP contribution in [0.25, 0.3) is 0 Å². The Morgan fingerprint density at radius 3 is 2.58 bits per heavy atom. The fraction of sp³-hybridized carbons (Fsp3) is 0.350. The summed E-state index contributed by atoms with van der Waals surface area (Å²) < 4.78 is 6.68. The van der Waals surface area contributed by atoms with E-state index in [0.717, 1.165) is 15.7 Å². The SMILES string of the molecule is CCCn1c(O)c(C(=O)COc2cccc(C)c2C)c(C)c(C#N)c1=O. The quantitative estimate of drug-likeness (QED) is 0.805. The lowest BCUT2D eigenvalue weighted by molar-refractivity contribution is 0.0915. The van der Waals surface area contributed by atoms with Crippen LogP contribution in [0.4, 0.5) is 0 Å². The van der Waals surface area contributed by atoms with Crippen molar-refractivity contribution >= 4 is 5.78 Å². The van der Waals surface area contributed by atoms with Crippen LogP contribution in [-0.2, 0) is 6.54 Å². The van der Waals surface area contributed by atoms with E-state index in [-0.39, 0.29) is 29.8 Å². The molecule has 1 N–H and O–H groups in total. The van der Waals surface area contributed by atoms with Crippen LogP contribution in [0.2, 0.25) is 0 Å². The van der Waals surface area contributed by atoms with Crippen molar-refractivity contribution in [2.24, 2.45) is 0 Å². The Morgan fingerprint density at radius 1 is 1.27 bits per heavy atom. The molecule has 6 nitrogen and oxygen atoms in total. The van der Waals surface area contributed by atoms with E-state index < -0.39 is 17.2 Å². The number of carbonyl (C=O) groups is 1. The Hall–Kier alpha value is -3.07. The highest BCUT2D eigenvalue weighted by Crippen LogP contribution is 2.24. The first-order chi connectivity index (χ1) is 12.3. The van der Waals surface area contributed by atoms with Gasteiger partial charge in [-0.25, -0.2) is 0 Å². The van der Waals surface area contributed by atoms with Gasteiger partial charge in [0.05, 0.1) is 5.56 Å². The van der Waals surface area contributed by atoms with Crippen LogP contribution >= 0.6 is 0 Å². The fourth-order valence-electron chi connectivity index (χ4n) is 2.81. The second kappa shape index (κ2) is 7.87. The number of benzene rings is 1. The number of nitriles is 1. The Kier molecular flexibility index (Phi) is 5.83. The van der Waals surface area contributed by atoms with Gasteiger partial charge >= 0.3 is 0 Å². The molecule has 0 aliphatic heterocycles. The first-order valence-corrected chi connectivity index (χ1v) is 8.42. The molecule has 0 bridgehead atoms. The number of aryl methyl sites for hydroxylation is 1. The van der Waals surface area contributed by atoms with Crippen LogP contribution in [0.5, 0.6) is 11.6 Å². The van der Waals surface area contributed by atoms with E-state index in [1.807, 2.05) is 39.0 Å². The highest BCUT2D eigenvalue weighted by atomic mass is 16.5. The zero-order valence-electron chi connectivity index (χ0n) is 15.4. The van der Waals surface area contributed by atoms with Gasteiger partial charge < -0.3 is 9.84 Å². The molecule has 0 saturated heterocycles. The molecule has 2 aromatic rings. The van der Waals surface area contributed by atoms with Gasteiger partial charge in [-0.3, -0.25) is 14.2 Å². The Labute approximate surface area is 152 Å². The molecule has 1 aromatic carbocycles. The third-order valence-corrected chi connectivity index (χ3v) is 4.44. The number of hydrogen-bond donors (Lipinski definition) is 1. The van der Waals surface area contributed by atoms with Gasteiger partial charge in [-0.2, -0.15) is 5.26 Å². The third kappa shape index (κ3) is 3.47. The largest absolute Gasteiger partial charge is 0.494 e. The summed E-state index contributed by atoms with van der Waals surface area (Å²) in [6, 6.07) is 7.38. The highest BCUT2D eigenvalue weighted by molar-refractivity contribution is 6.01. The zero-order valence-corrected chi connectivity index (χ0v) is 15.4. The summed E-state index contributed by atoms with van der Waals surface area (Å²) >= 11 is 0. The van der Waals surface area contributed by atoms with Gasteiger partial charge in [0.1, 0.15) is 17.4 Å². The summed E-state index contributed by atoms with van der Waals surface area (Å²) in [7, 11) is 0. The Bertz CT molecular complexity index is 952. The summed E-state index contributed by atoms with van der Waals surface area (Å²) in [4.78, 5) is 25.0. The van der Waals surface area contributed by atoms with Gasteiger partial charge in [-0.05, 0) is 49.9 Å². The molecule has 0 unspecified atom stereocenters. The van der Waals surface area contributed by atoms with Gasteiger partial charge in [0.25, 0.3) is 5.56 Å². The van der Waals surface area contributed by atoms with Crippen molar-refractivity contribution in [3.05, 3.63) is 56.4 Å². The first kappa shape index (κ1) is 19.3. The number of aromatic nitrogens is 1. The molecule has 0 atom stereocenters. The maximum absolute atomic E-state index is 12.7. The molecule has 0 aliphatic rings. The molecule has 0 aliphatic carbocycles. The number of ether oxygens (including phenoxy) is 1. The fourth-order valence-corrected chi connectivity index (χ4v) is 2.81. The molecule has 6 heteroatoms. The van der Waals surface area contributed by atoms with Gasteiger partial charge in [0.15, 0.2) is 6.61 Å². The summed E-state index contributed by atoms with van der Waals surface area (Å²) in [5.41, 5.74) is 1.38. The minimum atomic E-state index is -0.587. The minimum Gasteiger partial charge on any atom is -0.494 e. The Morgan fingerprint density at radius 2 is 1.96 bits per heavy atom. The molecular weight excluding hydrogens is 332 g/mol. The molecule has 0 fully saturated rings. The molecule has 0 saturated carbocycles. The van der Waals surface area contributed by atoms with Crippen LogP contribution < -0.4 is 10.3 Å². The first-order valence-electron chi connectivity index (χ1n) is 8.42. The molecule has 0 spiro atoms. The molecule has 2 rings (SSSR count). The number of nitrogens with zero attached hydrogens (tertiary/aromatic N) is 2. The van der Waals surface area contributed by atoms with Crippen molar-refractivity contribution in [2.45, 2.75) is 40.7 Å². The molecule has 1 heterocycles. The third-order valence-electron chi connectivity index (χ3n) is 4.44. The summed E-state index contributed by atoms with van der Waals surface area (Å²) in [6.07, 6.45) is 0.577. The summed E-state index contributed by atoms with van der Waals surface area (Å²) in [5, 5.41) is 19.7. The predicted molar refractivity (Wildman–Crippen MR) is 97.9 cm³/mol. The minimum absolute atomic E-state index is 0.0418. The maximum Gasteiger partial charge on any atom is 0.271 e. The van der Waals surface area contributed by atoms with Crippen molar-refractivity contribution in [1.82, 2.24) is 4.57 Å². The van der Waals surface area contributed by atoms with Crippen molar-refractivity contribution in [3.8, 4) is 17.7 Å². The van der Waals surface area contributed by atoms with Crippen LogP contribution in [0, 0.1) is 32.1 Å². The van der Waals surface area contributed by atoms with E-state index in [2.05, 4.69) is 0 Å². The molecule has 1 aromatic heterocycles. The van der Waals surface area contributed by atoms with E-state index in [9.17, 15) is 20.0 Å². The number of aromatic hydroxyl groups is 1. The monoisotopic (exact) mass is 354 g/mol. The van der Waals surface area contributed by atoms with Crippen LogP contribution in [0.1, 0.15) is 46.0 Å². The number of ketones is 1. The molecule has 136 valence electrons. The van der Waals surface area contributed by atoms with Crippen molar-refractivity contribution in [1.29, 1.82) is 5.26 Å². The lowest BCUT2D eigenvalue weighted by Crippen LogP contribution is -2.27. The van der Waals surface area contributed by atoms with Crippen LogP contribution in [0.15, 0.2) is 23.0 Å². The number of hydrogen-bond acceptors (Lipinski definition) is 5. The predicted octanol–water partition coefficient (Wildman–Crippen LogP) is 3.02. The molecule has 0 radical (unpaired) electrons. The van der Waals surface area contributed by atoms with E-state index in [4.69, 9.17) is 4.74 Å². The average molecular weight is 354 g/mol. The van der Waals surface area contributed by atoms with Gasteiger partial charge in [0, 0.05) is 6.54 Å². The number of carbonyl (C=O) groups excluding carboxylic acids is 1. The van der Waals surface area contributed by atoms with Crippen LogP contribution in [-0.4, -0.2) is 22.1 Å². The molecule has 0 amide bonds. The lowest BCUT2D eigenvalue weighted by Gasteiger charge is -2.16. The van der Waals surface area contributed by atoms with Gasteiger partial charge in [-0.15, -0.1) is 0 Å². The average Bonchev–Trinajstić information content (AvgIpc) is 2.60. The number of Topliss-reactive ketones (excluding diaryl/α,β-unsaturated/α-hetero) is 1. The second-order valence-electron chi connectivity index (χ2n) is 6.18. The molecule has 26 heavy (non-hydrogen) atoms. The van der Waals surface area contributed by atoms with Gasteiger partial charge in [-0.1, -0.05) is 19.1 Å². The zero-order chi connectivity index (χ0) is 19.4. The van der Waals surface area contributed by atoms with Crippen molar-refractivity contribution in [3.63, 3.8) is 0 Å². The lowest BCUT2D eigenvalue weighted by atomic mass is 10.0. The molecular formula is C20H22N2O4. The Balaban J connectivity index is 2.42. The van der Waals surface area contributed by atoms with E-state index in [1.165, 1.54) is 6.92 Å². The van der Waals surface area contributed by atoms with E-state index >= 15 is 0 Å². The maximum atomic E-state index is 12.7. The van der Waals surface area contributed by atoms with Crippen molar-refractivity contribution in [2.75, 3.05) is 6.61 Å². The van der Waals surface area contributed by atoms with E-state index in [1.54, 1.807) is 6.07 Å².